The van der Waals surface area contributed by atoms with Crippen molar-refractivity contribution < 1.29 is 23.6 Å². The molecule has 2 aromatic carbocycles. The Bertz CT molecular complexity index is 1080. The summed E-state index contributed by atoms with van der Waals surface area (Å²) in [7, 11) is 0. The number of ketones is 1. The molecule has 1 aliphatic rings. The molecule has 28 heavy (non-hydrogen) atoms. The summed E-state index contributed by atoms with van der Waals surface area (Å²) in [5.41, 5.74) is 1.05. The molecular formula is C21H15NO6. The van der Waals surface area contributed by atoms with Gasteiger partial charge in [0.1, 0.15) is 24.7 Å². The maximum absolute atomic E-state index is 12.4. The number of rotatable bonds is 5. The van der Waals surface area contributed by atoms with Crippen LogP contribution in [0.2, 0.25) is 0 Å². The number of carbonyl (C=O) groups excluding carboxylic acids is 1. The van der Waals surface area contributed by atoms with Crippen molar-refractivity contribution in [3.05, 3.63) is 82.1 Å². The highest BCUT2D eigenvalue weighted by molar-refractivity contribution is 6.07. The topological polar surface area (TPSA) is 91.8 Å². The van der Waals surface area contributed by atoms with E-state index in [2.05, 4.69) is 0 Å². The molecule has 0 atom stereocenters. The highest BCUT2D eigenvalue weighted by Crippen LogP contribution is 2.31. The third-order valence-electron chi connectivity index (χ3n) is 4.19. The second kappa shape index (κ2) is 7.40. The summed E-state index contributed by atoms with van der Waals surface area (Å²) in [6.45, 7) is 0.943. The molecular weight excluding hydrogens is 362 g/mol. The van der Waals surface area contributed by atoms with Gasteiger partial charge in [-0.2, -0.15) is 0 Å². The Morgan fingerprint density at radius 2 is 1.82 bits per heavy atom. The van der Waals surface area contributed by atoms with Gasteiger partial charge in [0.15, 0.2) is 17.3 Å². The van der Waals surface area contributed by atoms with E-state index in [4.69, 9.17) is 13.9 Å². The number of nitro groups is 1. The van der Waals surface area contributed by atoms with Crippen molar-refractivity contribution in [3.8, 4) is 22.8 Å². The first-order valence-corrected chi connectivity index (χ1v) is 8.57. The van der Waals surface area contributed by atoms with Gasteiger partial charge in [0.25, 0.3) is 5.69 Å². The van der Waals surface area contributed by atoms with Gasteiger partial charge in [-0.1, -0.05) is 12.1 Å². The zero-order chi connectivity index (χ0) is 19.5. The van der Waals surface area contributed by atoms with Crippen molar-refractivity contribution in [1.29, 1.82) is 0 Å². The van der Waals surface area contributed by atoms with Crippen LogP contribution in [0.1, 0.15) is 16.1 Å². The Morgan fingerprint density at radius 3 is 2.64 bits per heavy atom. The van der Waals surface area contributed by atoms with Gasteiger partial charge in [-0.05, 0) is 42.5 Å². The predicted molar refractivity (Wildman–Crippen MR) is 102 cm³/mol. The summed E-state index contributed by atoms with van der Waals surface area (Å²) in [6.07, 6.45) is 2.96. The second-order valence-electron chi connectivity index (χ2n) is 6.07. The molecule has 0 fully saturated rings. The molecule has 4 rings (SSSR count). The summed E-state index contributed by atoms with van der Waals surface area (Å²) in [4.78, 5) is 22.8. The summed E-state index contributed by atoms with van der Waals surface area (Å²) in [5.74, 6) is 1.92. The van der Waals surface area contributed by atoms with Crippen LogP contribution < -0.4 is 9.47 Å². The lowest BCUT2D eigenvalue weighted by molar-refractivity contribution is -0.384. The van der Waals surface area contributed by atoms with Gasteiger partial charge in [0.2, 0.25) is 0 Å². The number of fused-ring (bicyclic) bond motifs is 1. The molecule has 0 radical (unpaired) electrons. The minimum atomic E-state index is -0.459. The maximum Gasteiger partial charge on any atom is 0.270 e. The second-order valence-corrected chi connectivity index (χ2v) is 6.07. The zero-order valence-electron chi connectivity index (χ0n) is 14.7. The average molecular weight is 377 g/mol. The number of nitro benzene ring substituents is 1. The molecule has 0 N–H and O–H groups in total. The first kappa shape index (κ1) is 17.5. The SMILES string of the molecule is O=C(C=Cc1ccc(-c2cccc([N+](=O)[O-])c2)o1)c1ccc2c(c1)OCCO2. The maximum atomic E-state index is 12.4. The van der Waals surface area contributed by atoms with Gasteiger partial charge < -0.3 is 13.9 Å². The number of benzene rings is 2. The quantitative estimate of drug-likeness (QED) is 0.281. The first-order chi connectivity index (χ1) is 13.6. The van der Waals surface area contributed by atoms with Crippen molar-refractivity contribution in [2.24, 2.45) is 0 Å². The van der Waals surface area contributed by atoms with Crippen molar-refractivity contribution in [2.45, 2.75) is 0 Å². The van der Waals surface area contributed by atoms with Crippen LogP contribution in [0, 0.1) is 10.1 Å². The van der Waals surface area contributed by atoms with Crippen LogP contribution in [-0.4, -0.2) is 23.9 Å². The number of allylic oxidation sites excluding steroid dienone is 1. The zero-order valence-corrected chi connectivity index (χ0v) is 14.7. The molecule has 3 aromatic rings. The summed E-state index contributed by atoms with van der Waals surface area (Å²) >= 11 is 0. The number of nitrogens with zero attached hydrogens (tertiary/aromatic N) is 1. The number of furan rings is 1. The summed E-state index contributed by atoms with van der Waals surface area (Å²) in [6, 6.07) is 14.6. The highest BCUT2D eigenvalue weighted by atomic mass is 16.6. The molecule has 0 amide bonds. The van der Waals surface area contributed by atoms with Crippen molar-refractivity contribution in [2.75, 3.05) is 13.2 Å². The molecule has 0 saturated carbocycles. The van der Waals surface area contributed by atoms with Crippen LogP contribution in [-0.2, 0) is 0 Å². The normalized spacial score (nSPS) is 12.9. The van der Waals surface area contributed by atoms with Crippen LogP contribution >= 0.6 is 0 Å². The number of carbonyl (C=O) groups is 1. The Balaban J connectivity index is 1.50. The monoisotopic (exact) mass is 377 g/mol. The van der Waals surface area contributed by atoms with E-state index in [0.717, 1.165) is 0 Å². The Morgan fingerprint density at radius 1 is 1.00 bits per heavy atom. The lowest BCUT2D eigenvalue weighted by atomic mass is 10.1. The van der Waals surface area contributed by atoms with E-state index < -0.39 is 4.92 Å². The number of hydrogen-bond acceptors (Lipinski definition) is 6. The molecule has 0 aliphatic carbocycles. The summed E-state index contributed by atoms with van der Waals surface area (Å²) < 4.78 is 16.6. The minimum absolute atomic E-state index is 0.0141. The van der Waals surface area contributed by atoms with E-state index in [1.807, 2.05) is 0 Å². The molecule has 1 aliphatic heterocycles. The average Bonchev–Trinajstić information content (AvgIpc) is 3.21. The standard InChI is InChI=1S/C21H15NO6/c23-18(14-4-8-20-21(13-14)27-11-10-26-20)7-5-17-6-9-19(28-17)15-2-1-3-16(12-15)22(24)25/h1-9,12-13H,10-11H2. The molecule has 0 spiro atoms. The Kier molecular flexibility index (Phi) is 4.63. The van der Waals surface area contributed by atoms with E-state index in [1.54, 1.807) is 48.5 Å². The fourth-order valence-electron chi connectivity index (χ4n) is 2.82. The van der Waals surface area contributed by atoms with Gasteiger partial charge in [-0.15, -0.1) is 0 Å². The molecule has 2 heterocycles. The van der Waals surface area contributed by atoms with Gasteiger partial charge in [0.05, 0.1) is 4.92 Å². The van der Waals surface area contributed by atoms with Crippen molar-refractivity contribution in [3.63, 3.8) is 0 Å². The van der Waals surface area contributed by atoms with Gasteiger partial charge >= 0.3 is 0 Å². The van der Waals surface area contributed by atoms with E-state index in [-0.39, 0.29) is 11.5 Å². The lowest BCUT2D eigenvalue weighted by Gasteiger charge is -2.18. The van der Waals surface area contributed by atoms with Gasteiger partial charge in [-0.25, -0.2) is 0 Å². The molecule has 0 unspecified atom stereocenters. The number of ether oxygens (including phenoxy) is 2. The third kappa shape index (κ3) is 3.64. The molecule has 0 bridgehead atoms. The lowest BCUT2D eigenvalue weighted by Crippen LogP contribution is -2.15. The van der Waals surface area contributed by atoms with E-state index in [0.29, 0.717) is 47.4 Å². The number of hydrogen-bond donors (Lipinski definition) is 0. The van der Waals surface area contributed by atoms with Crippen molar-refractivity contribution >= 4 is 17.5 Å². The fourth-order valence-corrected chi connectivity index (χ4v) is 2.82. The first-order valence-electron chi connectivity index (χ1n) is 8.57. The van der Waals surface area contributed by atoms with Gasteiger partial charge in [-0.3, -0.25) is 14.9 Å². The highest BCUT2D eigenvalue weighted by Gasteiger charge is 2.14. The van der Waals surface area contributed by atoms with Gasteiger partial charge in [0, 0.05) is 23.3 Å². The van der Waals surface area contributed by atoms with Crippen LogP contribution in [0.15, 0.2) is 65.1 Å². The molecule has 1 aromatic heterocycles. The van der Waals surface area contributed by atoms with Crippen LogP contribution in [0.3, 0.4) is 0 Å². The Hall–Kier alpha value is -3.87. The smallest absolute Gasteiger partial charge is 0.270 e. The number of non-ortho nitro benzene ring substituents is 1. The van der Waals surface area contributed by atoms with E-state index in [9.17, 15) is 14.9 Å². The molecule has 7 heteroatoms. The predicted octanol–water partition coefficient (Wildman–Crippen LogP) is 4.52. The van der Waals surface area contributed by atoms with Crippen LogP contribution in [0.25, 0.3) is 17.4 Å². The van der Waals surface area contributed by atoms with Crippen LogP contribution in [0.4, 0.5) is 5.69 Å². The van der Waals surface area contributed by atoms with E-state index in [1.165, 1.54) is 18.2 Å². The fraction of sp³-hybridized carbons (Fsp3) is 0.0952. The largest absolute Gasteiger partial charge is 0.486 e. The molecule has 0 saturated heterocycles. The van der Waals surface area contributed by atoms with Crippen molar-refractivity contribution in [1.82, 2.24) is 0 Å². The minimum Gasteiger partial charge on any atom is -0.486 e. The molecule has 7 nitrogen and oxygen atoms in total. The van der Waals surface area contributed by atoms with E-state index >= 15 is 0 Å². The molecule has 140 valence electrons. The Labute approximate surface area is 160 Å². The third-order valence-corrected chi connectivity index (χ3v) is 4.19. The van der Waals surface area contributed by atoms with Crippen LogP contribution in [0.5, 0.6) is 11.5 Å². The summed E-state index contributed by atoms with van der Waals surface area (Å²) in [5, 5.41) is 10.9.